The van der Waals surface area contributed by atoms with E-state index in [4.69, 9.17) is 23.2 Å². The summed E-state index contributed by atoms with van der Waals surface area (Å²) in [6.07, 6.45) is 0.501. The highest BCUT2D eigenvalue weighted by molar-refractivity contribution is 6.31. The van der Waals surface area contributed by atoms with Crippen LogP contribution in [0.3, 0.4) is 0 Å². The highest BCUT2D eigenvalue weighted by Crippen LogP contribution is 2.57. The number of rotatable bonds is 4. The summed E-state index contributed by atoms with van der Waals surface area (Å²) in [5.74, 6) is -2.92. The molecule has 0 saturated carbocycles. The quantitative estimate of drug-likeness (QED) is 0.336. The molecule has 198 valence electrons. The molecule has 0 bridgehead atoms. The topological polar surface area (TPSA) is 70.2 Å². The van der Waals surface area contributed by atoms with Gasteiger partial charge in [0, 0.05) is 28.4 Å². The SMILES string of the molecule is CC(C)(C)CC1N[C@@H](C(=O)Nc2ccc(F)cc2)[C@H](c2cccc(Cl)c2F)[C@]12C(=O)Nc1cc(Cl)ccc12. The third kappa shape index (κ3) is 4.46. The number of benzene rings is 3. The lowest BCUT2D eigenvalue weighted by atomic mass is 9.62. The Morgan fingerprint density at radius 1 is 1.05 bits per heavy atom. The van der Waals surface area contributed by atoms with Crippen LogP contribution in [0.2, 0.25) is 10.0 Å². The van der Waals surface area contributed by atoms with Crippen molar-refractivity contribution >= 4 is 46.4 Å². The Labute approximate surface area is 229 Å². The monoisotopic (exact) mass is 557 g/mol. The maximum absolute atomic E-state index is 15.7. The fourth-order valence-corrected chi connectivity index (χ4v) is 6.26. The van der Waals surface area contributed by atoms with Gasteiger partial charge >= 0.3 is 0 Å². The van der Waals surface area contributed by atoms with Gasteiger partial charge in [0.1, 0.15) is 17.0 Å². The van der Waals surface area contributed by atoms with Gasteiger partial charge in [-0.05, 0) is 65.4 Å². The molecule has 1 spiro atoms. The van der Waals surface area contributed by atoms with Crippen LogP contribution in [0.1, 0.15) is 44.2 Å². The zero-order chi connectivity index (χ0) is 27.4. The number of hydrogen-bond donors (Lipinski definition) is 3. The normalized spacial score (nSPS) is 24.4. The zero-order valence-electron chi connectivity index (χ0n) is 21.0. The first-order valence-electron chi connectivity index (χ1n) is 12.3. The number of hydrogen-bond acceptors (Lipinski definition) is 3. The molecule has 0 aromatic heterocycles. The van der Waals surface area contributed by atoms with E-state index in [1.807, 2.05) is 20.8 Å². The van der Waals surface area contributed by atoms with E-state index < -0.39 is 41.0 Å². The molecule has 9 heteroatoms. The van der Waals surface area contributed by atoms with Gasteiger partial charge in [-0.2, -0.15) is 0 Å². The van der Waals surface area contributed by atoms with E-state index in [1.165, 1.54) is 30.3 Å². The average Bonchev–Trinajstić information content (AvgIpc) is 3.31. The van der Waals surface area contributed by atoms with E-state index in [1.54, 1.807) is 30.3 Å². The summed E-state index contributed by atoms with van der Waals surface area (Å²) in [5.41, 5.74) is 0.0903. The summed E-state index contributed by atoms with van der Waals surface area (Å²) in [5, 5.41) is 9.49. The first-order chi connectivity index (χ1) is 17.9. The van der Waals surface area contributed by atoms with Gasteiger partial charge < -0.3 is 16.0 Å². The van der Waals surface area contributed by atoms with Gasteiger partial charge in [0.2, 0.25) is 11.8 Å². The van der Waals surface area contributed by atoms with Gasteiger partial charge in [-0.25, -0.2) is 8.78 Å². The van der Waals surface area contributed by atoms with Gasteiger partial charge in [0.25, 0.3) is 0 Å². The Hall–Kier alpha value is -3.00. The fourth-order valence-electron chi connectivity index (χ4n) is 5.91. The molecule has 0 radical (unpaired) electrons. The van der Waals surface area contributed by atoms with Gasteiger partial charge in [0.05, 0.1) is 11.1 Å². The minimum atomic E-state index is -1.34. The van der Waals surface area contributed by atoms with Gasteiger partial charge in [-0.15, -0.1) is 0 Å². The van der Waals surface area contributed by atoms with E-state index >= 15 is 4.39 Å². The summed E-state index contributed by atoms with van der Waals surface area (Å²) in [4.78, 5) is 27.9. The van der Waals surface area contributed by atoms with Crippen LogP contribution in [0.4, 0.5) is 20.2 Å². The van der Waals surface area contributed by atoms with Crippen molar-refractivity contribution in [2.45, 2.75) is 50.6 Å². The van der Waals surface area contributed by atoms with E-state index in [0.29, 0.717) is 28.4 Å². The van der Waals surface area contributed by atoms with Crippen LogP contribution in [0.25, 0.3) is 0 Å². The van der Waals surface area contributed by atoms with Crippen LogP contribution in [0, 0.1) is 17.0 Å². The number of nitrogens with one attached hydrogen (secondary N) is 3. The molecule has 5 nitrogen and oxygen atoms in total. The molecular formula is C29H27Cl2F2N3O2. The minimum absolute atomic E-state index is 0.107. The molecule has 38 heavy (non-hydrogen) atoms. The van der Waals surface area contributed by atoms with E-state index in [0.717, 1.165) is 0 Å². The smallest absolute Gasteiger partial charge is 0.242 e. The molecule has 1 unspecified atom stereocenters. The fraction of sp³-hybridized carbons (Fsp3) is 0.310. The summed E-state index contributed by atoms with van der Waals surface area (Å²) in [7, 11) is 0. The summed E-state index contributed by atoms with van der Waals surface area (Å²) in [6.45, 7) is 6.12. The van der Waals surface area contributed by atoms with Crippen molar-refractivity contribution in [3.8, 4) is 0 Å². The standard InChI is InChI=1S/C29H27Cl2F2N3O2/c1-28(2,3)14-22-29(19-12-7-15(30)13-21(19)35-27(29)38)23(18-5-4-6-20(31)24(18)33)25(36-22)26(37)34-17-10-8-16(32)9-11-17/h4-13,22-23,25,36H,14H2,1-3H3,(H,34,37)(H,35,38)/t22?,23-,25+,29+/m0/s1. The number of carbonyl (C=O) groups excluding carboxylic acids is 2. The van der Waals surface area contributed by atoms with Crippen molar-refractivity contribution in [3.05, 3.63) is 93.5 Å². The maximum Gasteiger partial charge on any atom is 0.242 e. The number of anilines is 2. The highest BCUT2D eigenvalue weighted by Gasteiger charge is 2.66. The molecule has 3 N–H and O–H groups in total. The molecule has 0 aliphatic carbocycles. The molecule has 2 aliphatic rings. The Morgan fingerprint density at radius 2 is 1.76 bits per heavy atom. The third-order valence-electron chi connectivity index (χ3n) is 7.33. The van der Waals surface area contributed by atoms with Crippen LogP contribution in [0.5, 0.6) is 0 Å². The largest absolute Gasteiger partial charge is 0.325 e. The van der Waals surface area contributed by atoms with E-state index in [9.17, 15) is 14.0 Å². The van der Waals surface area contributed by atoms with E-state index in [-0.39, 0.29) is 21.9 Å². The molecule has 2 aliphatic heterocycles. The zero-order valence-corrected chi connectivity index (χ0v) is 22.6. The lowest BCUT2D eigenvalue weighted by molar-refractivity contribution is -0.122. The molecule has 5 rings (SSSR count). The molecule has 3 aromatic carbocycles. The Morgan fingerprint density at radius 3 is 2.45 bits per heavy atom. The van der Waals surface area contributed by atoms with Crippen LogP contribution < -0.4 is 16.0 Å². The predicted octanol–water partition coefficient (Wildman–Crippen LogP) is 6.66. The minimum Gasteiger partial charge on any atom is -0.325 e. The van der Waals surface area contributed by atoms with Crippen molar-refractivity contribution in [2.75, 3.05) is 10.6 Å². The number of fused-ring (bicyclic) bond motifs is 2. The number of amides is 2. The van der Waals surface area contributed by atoms with Crippen molar-refractivity contribution < 1.29 is 18.4 Å². The molecule has 1 fully saturated rings. The second-order valence-electron chi connectivity index (χ2n) is 11.1. The molecule has 3 aromatic rings. The average molecular weight is 558 g/mol. The van der Waals surface area contributed by atoms with Crippen molar-refractivity contribution in [3.63, 3.8) is 0 Å². The first kappa shape index (κ1) is 26.6. The lowest BCUT2D eigenvalue weighted by Gasteiger charge is -2.37. The summed E-state index contributed by atoms with van der Waals surface area (Å²) in [6, 6.07) is 13.5. The second kappa shape index (κ2) is 9.63. The second-order valence-corrected chi connectivity index (χ2v) is 11.9. The van der Waals surface area contributed by atoms with Crippen LogP contribution in [-0.2, 0) is 15.0 Å². The maximum atomic E-state index is 15.7. The molecular weight excluding hydrogens is 531 g/mol. The molecule has 2 heterocycles. The Balaban J connectivity index is 1.72. The Bertz CT molecular complexity index is 1420. The molecule has 2 amide bonds. The van der Waals surface area contributed by atoms with Crippen molar-refractivity contribution in [1.29, 1.82) is 0 Å². The summed E-state index contributed by atoms with van der Waals surface area (Å²) >= 11 is 12.5. The van der Waals surface area contributed by atoms with Crippen LogP contribution in [0.15, 0.2) is 60.7 Å². The number of halogens is 4. The third-order valence-corrected chi connectivity index (χ3v) is 7.86. The summed E-state index contributed by atoms with van der Waals surface area (Å²) < 4.78 is 29.2. The van der Waals surface area contributed by atoms with Crippen molar-refractivity contribution in [1.82, 2.24) is 5.32 Å². The van der Waals surface area contributed by atoms with Gasteiger partial charge in [-0.1, -0.05) is 62.2 Å². The lowest BCUT2D eigenvalue weighted by Crippen LogP contribution is -2.49. The number of carbonyl (C=O) groups is 2. The van der Waals surface area contributed by atoms with Gasteiger partial charge in [0.15, 0.2) is 0 Å². The Kier molecular flexibility index (Phi) is 6.74. The van der Waals surface area contributed by atoms with Crippen LogP contribution >= 0.6 is 23.2 Å². The molecule has 4 atom stereocenters. The van der Waals surface area contributed by atoms with E-state index in [2.05, 4.69) is 16.0 Å². The van der Waals surface area contributed by atoms with Crippen molar-refractivity contribution in [2.24, 2.45) is 5.41 Å². The predicted molar refractivity (Wildman–Crippen MR) is 146 cm³/mol. The van der Waals surface area contributed by atoms with Gasteiger partial charge in [-0.3, -0.25) is 9.59 Å². The molecule has 1 saturated heterocycles. The van der Waals surface area contributed by atoms with Crippen LogP contribution in [-0.4, -0.2) is 23.9 Å². The first-order valence-corrected chi connectivity index (χ1v) is 13.1. The highest BCUT2D eigenvalue weighted by atomic mass is 35.5.